The Morgan fingerprint density at radius 3 is 1.97 bits per heavy atom. The van der Waals surface area contributed by atoms with Gasteiger partial charge < -0.3 is 20.5 Å². The summed E-state index contributed by atoms with van der Waals surface area (Å²) in [6.45, 7) is 1.85. The first-order valence-corrected chi connectivity index (χ1v) is 11.2. The first-order chi connectivity index (χ1) is 16.5. The fourth-order valence-electron chi connectivity index (χ4n) is 4.31. The molecule has 0 aliphatic heterocycles. The van der Waals surface area contributed by atoms with E-state index in [4.69, 9.17) is 4.74 Å². The van der Waals surface area contributed by atoms with Crippen molar-refractivity contribution in [3.8, 4) is 11.1 Å². The molecule has 0 saturated carbocycles. The van der Waals surface area contributed by atoms with Crippen LogP contribution in [-0.4, -0.2) is 35.7 Å². The third-order valence-corrected chi connectivity index (χ3v) is 6.03. The molecule has 3 aromatic rings. The molecule has 0 radical (unpaired) electrons. The van der Waals surface area contributed by atoms with E-state index >= 15 is 0 Å². The third kappa shape index (κ3) is 4.78. The number of benzene rings is 3. The van der Waals surface area contributed by atoms with Crippen LogP contribution in [0.25, 0.3) is 11.1 Å². The van der Waals surface area contributed by atoms with Crippen LogP contribution in [0.4, 0.5) is 4.79 Å². The Balaban J connectivity index is 1.39. The molecule has 0 bridgehead atoms. The van der Waals surface area contributed by atoms with E-state index in [0.717, 1.165) is 22.3 Å². The average molecular weight is 459 g/mol. The van der Waals surface area contributed by atoms with E-state index in [1.807, 2.05) is 36.4 Å². The maximum absolute atomic E-state index is 12.7. The molecule has 4 rings (SSSR count). The smallest absolute Gasteiger partial charge is 0.407 e. The Labute approximate surface area is 197 Å². The average Bonchev–Trinajstić information content (AvgIpc) is 3.18. The topological polar surface area (TPSA) is 105 Å². The van der Waals surface area contributed by atoms with Gasteiger partial charge in [-0.25, -0.2) is 9.59 Å². The minimum Gasteiger partial charge on any atom is -0.479 e. The summed E-state index contributed by atoms with van der Waals surface area (Å²) in [6, 6.07) is 22.3. The van der Waals surface area contributed by atoms with Crippen LogP contribution >= 0.6 is 0 Å². The molecule has 2 atom stereocenters. The number of carbonyl (C=O) groups is 3. The van der Waals surface area contributed by atoms with Gasteiger partial charge in [0, 0.05) is 5.92 Å². The number of rotatable bonds is 8. The SMILES string of the molecule is CC[C@@H](NC(=O)OCC1c2ccccc2-c2ccccc21)C(=O)N[C@H](C(=O)O)c1ccccc1. The number of alkyl carbamates (subject to hydrolysis) is 1. The van der Waals surface area contributed by atoms with Crippen LogP contribution in [0.1, 0.15) is 42.0 Å². The minimum atomic E-state index is -1.22. The van der Waals surface area contributed by atoms with E-state index in [9.17, 15) is 19.5 Å². The summed E-state index contributed by atoms with van der Waals surface area (Å²) < 4.78 is 5.51. The Hall–Kier alpha value is -4.13. The number of carboxylic acids is 1. The van der Waals surface area contributed by atoms with Crippen molar-refractivity contribution in [2.75, 3.05) is 6.61 Å². The Morgan fingerprint density at radius 2 is 1.41 bits per heavy atom. The monoisotopic (exact) mass is 458 g/mol. The second kappa shape index (κ2) is 10.2. The summed E-state index contributed by atoms with van der Waals surface area (Å²) in [7, 11) is 0. The zero-order valence-corrected chi connectivity index (χ0v) is 18.7. The number of amides is 2. The van der Waals surface area contributed by atoms with E-state index in [1.165, 1.54) is 0 Å². The molecule has 34 heavy (non-hydrogen) atoms. The molecule has 3 aromatic carbocycles. The number of ether oxygens (including phenoxy) is 1. The van der Waals surface area contributed by atoms with Gasteiger partial charge in [-0.2, -0.15) is 0 Å². The number of fused-ring (bicyclic) bond motifs is 3. The van der Waals surface area contributed by atoms with Crippen molar-refractivity contribution in [2.45, 2.75) is 31.3 Å². The lowest BCUT2D eigenvalue weighted by Gasteiger charge is -2.21. The summed E-state index contributed by atoms with van der Waals surface area (Å²) in [5, 5.41) is 14.6. The second-order valence-electron chi connectivity index (χ2n) is 8.12. The highest BCUT2D eigenvalue weighted by molar-refractivity contribution is 5.89. The summed E-state index contributed by atoms with van der Waals surface area (Å²) in [6.07, 6.45) is -0.451. The van der Waals surface area contributed by atoms with Crippen molar-refractivity contribution in [3.05, 3.63) is 95.6 Å². The Kier molecular flexibility index (Phi) is 6.92. The fraction of sp³-hybridized carbons (Fsp3) is 0.222. The highest BCUT2D eigenvalue weighted by Crippen LogP contribution is 2.44. The van der Waals surface area contributed by atoms with Crippen molar-refractivity contribution >= 4 is 18.0 Å². The van der Waals surface area contributed by atoms with Crippen molar-refractivity contribution in [1.29, 1.82) is 0 Å². The van der Waals surface area contributed by atoms with Gasteiger partial charge in [0.05, 0.1) is 0 Å². The third-order valence-electron chi connectivity index (χ3n) is 6.03. The van der Waals surface area contributed by atoms with E-state index in [0.29, 0.717) is 5.56 Å². The first-order valence-electron chi connectivity index (χ1n) is 11.2. The Bertz CT molecular complexity index is 1150. The van der Waals surface area contributed by atoms with E-state index in [2.05, 4.69) is 22.8 Å². The van der Waals surface area contributed by atoms with E-state index in [-0.39, 0.29) is 18.9 Å². The predicted octanol–water partition coefficient (Wildman–Crippen LogP) is 4.25. The second-order valence-corrected chi connectivity index (χ2v) is 8.12. The maximum Gasteiger partial charge on any atom is 0.407 e. The highest BCUT2D eigenvalue weighted by Gasteiger charge is 2.30. The van der Waals surface area contributed by atoms with Gasteiger partial charge >= 0.3 is 12.1 Å². The molecule has 7 nitrogen and oxygen atoms in total. The van der Waals surface area contributed by atoms with Crippen molar-refractivity contribution in [1.82, 2.24) is 10.6 Å². The van der Waals surface area contributed by atoms with E-state index < -0.39 is 30.1 Å². The molecule has 174 valence electrons. The van der Waals surface area contributed by atoms with Crippen LogP contribution < -0.4 is 10.6 Å². The van der Waals surface area contributed by atoms with Crippen molar-refractivity contribution < 1.29 is 24.2 Å². The predicted molar refractivity (Wildman–Crippen MR) is 127 cm³/mol. The molecule has 0 heterocycles. The van der Waals surface area contributed by atoms with Gasteiger partial charge in [0.15, 0.2) is 6.04 Å². The van der Waals surface area contributed by atoms with Gasteiger partial charge in [-0.1, -0.05) is 85.8 Å². The van der Waals surface area contributed by atoms with Crippen LogP contribution in [0.5, 0.6) is 0 Å². The lowest BCUT2D eigenvalue weighted by Crippen LogP contribution is -2.48. The molecular weight excluding hydrogens is 432 g/mol. The van der Waals surface area contributed by atoms with Crippen LogP contribution in [0.3, 0.4) is 0 Å². The lowest BCUT2D eigenvalue weighted by molar-refractivity contribution is -0.142. The zero-order valence-electron chi connectivity index (χ0n) is 18.7. The highest BCUT2D eigenvalue weighted by atomic mass is 16.5. The largest absolute Gasteiger partial charge is 0.479 e. The molecule has 3 N–H and O–H groups in total. The fourth-order valence-corrected chi connectivity index (χ4v) is 4.31. The molecule has 1 aliphatic rings. The molecular formula is C27H26N2O5. The minimum absolute atomic E-state index is 0.0958. The molecule has 0 fully saturated rings. The van der Waals surface area contributed by atoms with Crippen molar-refractivity contribution in [3.63, 3.8) is 0 Å². The van der Waals surface area contributed by atoms with Gasteiger partial charge in [-0.15, -0.1) is 0 Å². The van der Waals surface area contributed by atoms with Crippen LogP contribution in [0, 0.1) is 0 Å². The normalized spacial score (nSPS) is 13.8. The maximum atomic E-state index is 12.7. The standard InChI is InChI=1S/C27H26N2O5/c1-2-23(25(30)29-24(26(31)32)17-10-4-3-5-11-17)28-27(33)34-16-22-20-14-8-6-12-18(20)19-13-7-9-15-21(19)22/h3-15,22-24H,2,16H2,1H3,(H,28,33)(H,29,30)(H,31,32)/t23-,24+/m1/s1. The number of carboxylic acid groups (broad SMARTS) is 1. The summed E-state index contributed by atoms with van der Waals surface area (Å²) in [5.41, 5.74) is 4.87. The zero-order chi connectivity index (χ0) is 24.1. The molecule has 7 heteroatoms. The first kappa shape index (κ1) is 23.0. The molecule has 0 spiro atoms. The van der Waals surface area contributed by atoms with Crippen LogP contribution in [-0.2, 0) is 14.3 Å². The molecule has 2 amide bonds. The van der Waals surface area contributed by atoms with Crippen LogP contribution in [0.2, 0.25) is 0 Å². The number of hydrogen-bond donors (Lipinski definition) is 3. The van der Waals surface area contributed by atoms with Crippen molar-refractivity contribution in [2.24, 2.45) is 0 Å². The number of aliphatic carboxylic acids is 1. The summed E-state index contributed by atoms with van der Waals surface area (Å²) in [5.74, 6) is -1.87. The van der Waals surface area contributed by atoms with Gasteiger partial charge in [0.25, 0.3) is 0 Å². The van der Waals surface area contributed by atoms with Gasteiger partial charge in [-0.05, 0) is 34.2 Å². The van der Waals surface area contributed by atoms with Gasteiger partial charge in [-0.3, -0.25) is 4.79 Å². The quantitative estimate of drug-likeness (QED) is 0.468. The summed E-state index contributed by atoms with van der Waals surface area (Å²) >= 11 is 0. The molecule has 1 aliphatic carbocycles. The lowest BCUT2D eigenvalue weighted by atomic mass is 9.98. The molecule has 0 saturated heterocycles. The van der Waals surface area contributed by atoms with Gasteiger partial charge in [0.1, 0.15) is 12.6 Å². The van der Waals surface area contributed by atoms with Gasteiger partial charge in [0.2, 0.25) is 5.91 Å². The number of carbonyl (C=O) groups excluding carboxylic acids is 2. The number of hydrogen-bond acceptors (Lipinski definition) is 4. The van der Waals surface area contributed by atoms with E-state index in [1.54, 1.807) is 37.3 Å². The molecule has 0 aromatic heterocycles. The summed E-state index contributed by atoms with van der Waals surface area (Å²) in [4.78, 5) is 37.0. The Morgan fingerprint density at radius 1 is 0.853 bits per heavy atom. The molecule has 0 unspecified atom stereocenters. The number of nitrogens with one attached hydrogen (secondary N) is 2. The van der Waals surface area contributed by atoms with Crippen LogP contribution in [0.15, 0.2) is 78.9 Å².